The second kappa shape index (κ2) is 7.42. The van der Waals surface area contributed by atoms with Crippen LogP contribution >= 0.6 is 0 Å². The number of rotatable bonds is 5. The van der Waals surface area contributed by atoms with Crippen LogP contribution in [-0.4, -0.2) is 77.9 Å². The van der Waals surface area contributed by atoms with Gasteiger partial charge in [-0.1, -0.05) is 0 Å². The van der Waals surface area contributed by atoms with Gasteiger partial charge in [0.1, 0.15) is 0 Å². The predicted octanol–water partition coefficient (Wildman–Crippen LogP) is 0.440. The number of piperazine rings is 1. The van der Waals surface area contributed by atoms with Crippen molar-refractivity contribution in [2.75, 3.05) is 32.7 Å². The fourth-order valence-electron chi connectivity index (χ4n) is 2.25. The molecule has 0 radical (unpaired) electrons. The molecular weight excluding hydrogens is 287 g/mol. The molecule has 0 aliphatic carbocycles. The monoisotopic (exact) mass is 311 g/mol. The van der Waals surface area contributed by atoms with Gasteiger partial charge in [-0.25, -0.2) is 0 Å². The molecule has 1 fully saturated rings. The quantitative estimate of drug-likeness (QED) is 0.774. The normalized spacial score (nSPS) is 21.3. The number of nitrogens with zero attached hydrogens (tertiary/aromatic N) is 2. The summed E-state index contributed by atoms with van der Waals surface area (Å²) < 4.78 is 36.9. The highest BCUT2D eigenvalue weighted by Gasteiger charge is 2.39. The summed E-state index contributed by atoms with van der Waals surface area (Å²) in [6.07, 6.45) is -6.90. The molecule has 0 bridgehead atoms. The molecule has 0 spiro atoms. The summed E-state index contributed by atoms with van der Waals surface area (Å²) in [5, 5.41) is 11.9. The Balaban J connectivity index is 2.40. The molecular formula is C13H24F3N3O2. The molecule has 0 aromatic heterocycles. The van der Waals surface area contributed by atoms with Crippen molar-refractivity contribution in [2.24, 2.45) is 0 Å². The van der Waals surface area contributed by atoms with Gasteiger partial charge in [0.15, 0.2) is 6.10 Å². The van der Waals surface area contributed by atoms with Crippen molar-refractivity contribution in [3.63, 3.8) is 0 Å². The maximum Gasteiger partial charge on any atom is 0.415 e. The van der Waals surface area contributed by atoms with Crippen molar-refractivity contribution in [3.8, 4) is 0 Å². The lowest BCUT2D eigenvalue weighted by atomic mass is 10.2. The standard InChI is InChI=1S/C13H24F3N3O2/c1-9(2)17-12(21)10(3)19-6-4-18(5-7-19)8-11(20)13(14,15)16/h9-11,20H,4-8H2,1-3H3,(H,17,21)/t10-,11-/m1/s1. The number of amides is 1. The van der Waals surface area contributed by atoms with Crippen LogP contribution in [-0.2, 0) is 4.79 Å². The van der Waals surface area contributed by atoms with Crippen molar-refractivity contribution in [3.05, 3.63) is 0 Å². The van der Waals surface area contributed by atoms with E-state index in [2.05, 4.69) is 5.32 Å². The van der Waals surface area contributed by atoms with Crippen molar-refractivity contribution in [1.29, 1.82) is 0 Å². The lowest BCUT2D eigenvalue weighted by Gasteiger charge is -2.38. The van der Waals surface area contributed by atoms with E-state index in [1.165, 1.54) is 0 Å². The highest BCUT2D eigenvalue weighted by molar-refractivity contribution is 5.81. The Morgan fingerprint density at radius 2 is 1.71 bits per heavy atom. The van der Waals surface area contributed by atoms with Crippen LogP contribution in [0.2, 0.25) is 0 Å². The lowest BCUT2D eigenvalue weighted by Crippen LogP contribution is -2.56. The Bertz CT molecular complexity index is 342. The first-order valence-corrected chi connectivity index (χ1v) is 7.12. The van der Waals surface area contributed by atoms with Crippen molar-refractivity contribution < 1.29 is 23.1 Å². The van der Waals surface area contributed by atoms with Gasteiger partial charge in [-0.15, -0.1) is 0 Å². The van der Waals surface area contributed by atoms with Crippen LogP contribution in [0.25, 0.3) is 0 Å². The second-order valence-corrected chi connectivity index (χ2v) is 5.73. The van der Waals surface area contributed by atoms with Gasteiger partial charge >= 0.3 is 6.18 Å². The Morgan fingerprint density at radius 3 is 2.14 bits per heavy atom. The summed E-state index contributed by atoms with van der Waals surface area (Å²) in [4.78, 5) is 15.4. The molecule has 0 saturated carbocycles. The van der Waals surface area contributed by atoms with Crippen LogP contribution in [0.4, 0.5) is 13.2 Å². The minimum atomic E-state index is -4.58. The lowest BCUT2D eigenvalue weighted by molar-refractivity contribution is -0.209. The van der Waals surface area contributed by atoms with Gasteiger partial charge in [0, 0.05) is 38.8 Å². The summed E-state index contributed by atoms with van der Waals surface area (Å²) in [7, 11) is 0. The number of nitrogens with one attached hydrogen (secondary N) is 1. The number of aliphatic hydroxyl groups excluding tert-OH is 1. The average Bonchev–Trinajstić information content (AvgIpc) is 2.36. The third-order valence-corrected chi connectivity index (χ3v) is 3.57. The molecule has 21 heavy (non-hydrogen) atoms. The van der Waals surface area contributed by atoms with Crippen molar-refractivity contribution in [2.45, 2.75) is 45.1 Å². The van der Waals surface area contributed by atoms with Gasteiger partial charge in [-0.2, -0.15) is 13.2 Å². The number of halogens is 3. The summed E-state index contributed by atoms with van der Waals surface area (Å²) in [5.74, 6) is -0.0752. The van der Waals surface area contributed by atoms with Crippen LogP contribution in [0, 0.1) is 0 Å². The minimum absolute atomic E-state index is 0.0585. The zero-order chi connectivity index (χ0) is 16.2. The van der Waals surface area contributed by atoms with Gasteiger partial charge < -0.3 is 10.4 Å². The van der Waals surface area contributed by atoms with Gasteiger partial charge in [-0.05, 0) is 20.8 Å². The number of carbonyl (C=O) groups excluding carboxylic acids is 1. The Kier molecular flexibility index (Phi) is 6.42. The number of β-amino-alcohol motifs (C(OH)–C–C–N with tert-alkyl or cyclic N) is 1. The second-order valence-electron chi connectivity index (χ2n) is 5.73. The summed E-state index contributed by atoms with van der Waals surface area (Å²) in [6.45, 7) is 6.97. The largest absolute Gasteiger partial charge is 0.415 e. The Hall–Kier alpha value is -0.860. The SMILES string of the molecule is CC(C)NC(=O)[C@@H](C)N1CCN(C[C@@H](O)C(F)(F)F)CC1. The van der Waals surface area contributed by atoms with Crippen LogP contribution in [0.5, 0.6) is 0 Å². The first-order chi connectivity index (χ1) is 9.61. The van der Waals surface area contributed by atoms with E-state index in [0.29, 0.717) is 26.2 Å². The molecule has 0 unspecified atom stereocenters. The highest BCUT2D eigenvalue weighted by Crippen LogP contribution is 2.21. The van der Waals surface area contributed by atoms with Crippen LogP contribution in [0.3, 0.4) is 0 Å². The van der Waals surface area contributed by atoms with E-state index < -0.39 is 18.8 Å². The first kappa shape index (κ1) is 18.2. The molecule has 1 amide bonds. The van der Waals surface area contributed by atoms with E-state index in [1.807, 2.05) is 18.7 Å². The van der Waals surface area contributed by atoms with E-state index in [0.717, 1.165) is 0 Å². The van der Waals surface area contributed by atoms with Gasteiger partial charge in [0.2, 0.25) is 5.91 Å². The highest BCUT2D eigenvalue weighted by atomic mass is 19.4. The van der Waals surface area contributed by atoms with Gasteiger partial charge in [0.25, 0.3) is 0 Å². The molecule has 1 heterocycles. The Labute approximate surface area is 123 Å². The van der Waals surface area contributed by atoms with Gasteiger partial charge in [0.05, 0.1) is 6.04 Å². The first-order valence-electron chi connectivity index (χ1n) is 7.12. The van der Waals surface area contributed by atoms with E-state index in [1.54, 1.807) is 11.8 Å². The maximum atomic E-state index is 12.3. The molecule has 1 saturated heterocycles. The number of hydrogen-bond acceptors (Lipinski definition) is 4. The topological polar surface area (TPSA) is 55.8 Å². The molecule has 2 N–H and O–H groups in total. The molecule has 5 nitrogen and oxygen atoms in total. The van der Waals surface area contributed by atoms with E-state index in [9.17, 15) is 18.0 Å². The smallest absolute Gasteiger partial charge is 0.382 e. The molecule has 124 valence electrons. The third-order valence-electron chi connectivity index (χ3n) is 3.57. The fraction of sp³-hybridized carbons (Fsp3) is 0.923. The van der Waals surface area contributed by atoms with E-state index in [4.69, 9.17) is 5.11 Å². The number of carbonyl (C=O) groups is 1. The molecule has 0 aromatic rings. The van der Waals surface area contributed by atoms with E-state index >= 15 is 0 Å². The zero-order valence-electron chi connectivity index (χ0n) is 12.7. The summed E-state index contributed by atoms with van der Waals surface area (Å²) in [5.41, 5.74) is 0. The number of hydrogen-bond donors (Lipinski definition) is 2. The molecule has 2 atom stereocenters. The molecule has 1 aliphatic heterocycles. The molecule has 1 rings (SSSR count). The Morgan fingerprint density at radius 1 is 1.19 bits per heavy atom. The minimum Gasteiger partial charge on any atom is -0.382 e. The summed E-state index contributed by atoms with van der Waals surface area (Å²) in [6, 6.07) is -0.245. The number of aliphatic hydroxyl groups is 1. The number of alkyl halides is 3. The zero-order valence-corrected chi connectivity index (χ0v) is 12.7. The van der Waals surface area contributed by atoms with Crippen LogP contribution in [0.15, 0.2) is 0 Å². The predicted molar refractivity (Wildman–Crippen MR) is 72.8 cm³/mol. The molecule has 8 heteroatoms. The molecule has 0 aromatic carbocycles. The maximum absolute atomic E-state index is 12.3. The van der Waals surface area contributed by atoms with Crippen molar-refractivity contribution in [1.82, 2.24) is 15.1 Å². The van der Waals surface area contributed by atoms with Crippen LogP contribution < -0.4 is 5.32 Å². The van der Waals surface area contributed by atoms with Crippen LogP contribution in [0.1, 0.15) is 20.8 Å². The fourth-order valence-corrected chi connectivity index (χ4v) is 2.25. The summed E-state index contributed by atoms with van der Waals surface area (Å²) >= 11 is 0. The third kappa shape index (κ3) is 5.80. The molecule has 1 aliphatic rings. The average molecular weight is 311 g/mol. The van der Waals surface area contributed by atoms with Crippen molar-refractivity contribution >= 4 is 5.91 Å². The van der Waals surface area contributed by atoms with E-state index in [-0.39, 0.29) is 18.0 Å². The van der Waals surface area contributed by atoms with Gasteiger partial charge in [-0.3, -0.25) is 14.6 Å².